The number of hydrogen-bond donors (Lipinski definition) is 0. The van der Waals surface area contributed by atoms with Gasteiger partial charge in [-0.1, -0.05) is 24.3 Å². The van der Waals surface area contributed by atoms with Crippen molar-refractivity contribution in [2.24, 2.45) is 0 Å². The second kappa shape index (κ2) is 5.49. The maximum absolute atomic E-state index is 12.9. The molecule has 1 aromatic carbocycles. The molecule has 1 saturated heterocycles. The van der Waals surface area contributed by atoms with E-state index in [9.17, 15) is 9.59 Å². The number of methoxy groups -OCH3 is 1. The Hall–Kier alpha value is -2.60. The van der Waals surface area contributed by atoms with E-state index in [4.69, 9.17) is 4.74 Å². The summed E-state index contributed by atoms with van der Waals surface area (Å²) in [6, 6.07) is 11.7. The minimum atomic E-state index is -0.754. The van der Waals surface area contributed by atoms with E-state index >= 15 is 0 Å². The van der Waals surface area contributed by atoms with E-state index in [1.54, 1.807) is 12.0 Å². The summed E-state index contributed by atoms with van der Waals surface area (Å²) >= 11 is 0. The average molecular weight is 325 g/mol. The molecule has 124 valence electrons. The molecular formula is C18H19N3O3. The second-order valence-corrected chi connectivity index (χ2v) is 6.22. The van der Waals surface area contributed by atoms with Gasteiger partial charge in [0.1, 0.15) is 5.69 Å². The van der Waals surface area contributed by atoms with Gasteiger partial charge < -0.3 is 19.1 Å². The number of ether oxygens (including phenoxy) is 1. The molecule has 6 heteroatoms. The molecule has 2 aliphatic rings. The molecule has 0 aliphatic carbocycles. The van der Waals surface area contributed by atoms with Crippen LogP contribution in [0.4, 0.5) is 0 Å². The van der Waals surface area contributed by atoms with Gasteiger partial charge in [-0.15, -0.1) is 0 Å². The molecule has 0 radical (unpaired) electrons. The van der Waals surface area contributed by atoms with Crippen LogP contribution in [0.3, 0.4) is 0 Å². The summed E-state index contributed by atoms with van der Waals surface area (Å²) in [6.07, 6.45) is 2.75. The molecule has 1 fully saturated rings. The Morgan fingerprint density at radius 2 is 2.00 bits per heavy atom. The number of benzene rings is 1. The van der Waals surface area contributed by atoms with Gasteiger partial charge in [0.15, 0.2) is 5.66 Å². The van der Waals surface area contributed by atoms with Crippen LogP contribution in [0.5, 0.6) is 0 Å². The second-order valence-electron chi connectivity index (χ2n) is 6.22. The fourth-order valence-electron chi connectivity index (χ4n) is 3.89. The lowest BCUT2D eigenvalue weighted by atomic mass is 9.94. The van der Waals surface area contributed by atoms with Crippen molar-refractivity contribution in [2.45, 2.75) is 18.8 Å². The van der Waals surface area contributed by atoms with Crippen molar-refractivity contribution in [3.05, 3.63) is 59.4 Å². The first-order chi connectivity index (χ1) is 11.7. The molecule has 1 atom stereocenters. The summed E-state index contributed by atoms with van der Waals surface area (Å²) in [5.74, 6) is -0.0310. The zero-order chi connectivity index (χ0) is 16.7. The third-order valence-corrected chi connectivity index (χ3v) is 5.03. The summed E-state index contributed by atoms with van der Waals surface area (Å²) < 4.78 is 7.09. The standard InChI is InChI=1S/C18H19N3O3/c1-24-11-14-4-6-15(7-5-14)18-12-19-8-2-3-16(19)17(23)21(18)10-9-20(18)13-22/h2-8,13H,9-12H2,1H3. The first-order valence-corrected chi connectivity index (χ1v) is 7.98. The fourth-order valence-corrected chi connectivity index (χ4v) is 3.89. The summed E-state index contributed by atoms with van der Waals surface area (Å²) in [4.78, 5) is 28.2. The maximum Gasteiger partial charge on any atom is 0.272 e. The van der Waals surface area contributed by atoms with Crippen molar-refractivity contribution in [1.82, 2.24) is 14.4 Å². The summed E-state index contributed by atoms with van der Waals surface area (Å²) in [5.41, 5.74) is 1.92. The van der Waals surface area contributed by atoms with E-state index in [0.717, 1.165) is 17.5 Å². The topological polar surface area (TPSA) is 54.8 Å². The minimum Gasteiger partial charge on any atom is -0.380 e. The average Bonchev–Trinajstić information content (AvgIpc) is 3.21. The Morgan fingerprint density at radius 1 is 1.21 bits per heavy atom. The lowest BCUT2D eigenvalue weighted by Gasteiger charge is -2.46. The summed E-state index contributed by atoms with van der Waals surface area (Å²) in [6.45, 7) is 2.17. The Morgan fingerprint density at radius 3 is 2.71 bits per heavy atom. The highest BCUT2D eigenvalue weighted by molar-refractivity contribution is 5.94. The molecule has 3 heterocycles. The van der Waals surface area contributed by atoms with Crippen LogP contribution >= 0.6 is 0 Å². The molecule has 4 rings (SSSR count). The number of hydrogen-bond acceptors (Lipinski definition) is 3. The Bertz CT molecular complexity index is 783. The van der Waals surface area contributed by atoms with Crippen LogP contribution < -0.4 is 0 Å². The van der Waals surface area contributed by atoms with Crippen LogP contribution in [0.1, 0.15) is 21.6 Å². The Kier molecular flexibility index (Phi) is 3.42. The van der Waals surface area contributed by atoms with Gasteiger partial charge in [0.05, 0.1) is 13.2 Å². The first-order valence-electron chi connectivity index (χ1n) is 7.98. The molecule has 0 saturated carbocycles. The monoisotopic (exact) mass is 325 g/mol. The van der Waals surface area contributed by atoms with Gasteiger partial charge in [-0.05, 0) is 23.3 Å². The zero-order valence-electron chi connectivity index (χ0n) is 13.5. The number of amides is 2. The van der Waals surface area contributed by atoms with E-state index in [-0.39, 0.29) is 5.91 Å². The molecule has 0 N–H and O–H groups in total. The van der Waals surface area contributed by atoms with Crippen LogP contribution in [0.2, 0.25) is 0 Å². The van der Waals surface area contributed by atoms with E-state index < -0.39 is 5.66 Å². The highest BCUT2D eigenvalue weighted by Crippen LogP contribution is 2.41. The molecule has 1 aromatic heterocycles. The molecule has 0 spiro atoms. The van der Waals surface area contributed by atoms with Gasteiger partial charge in [0.2, 0.25) is 6.41 Å². The van der Waals surface area contributed by atoms with E-state index in [1.807, 2.05) is 52.1 Å². The summed E-state index contributed by atoms with van der Waals surface area (Å²) in [7, 11) is 1.66. The van der Waals surface area contributed by atoms with Crippen molar-refractivity contribution in [3.8, 4) is 0 Å². The minimum absolute atomic E-state index is 0.0310. The smallest absolute Gasteiger partial charge is 0.272 e. The van der Waals surface area contributed by atoms with Crippen molar-refractivity contribution >= 4 is 12.3 Å². The zero-order valence-corrected chi connectivity index (χ0v) is 13.5. The molecule has 0 bridgehead atoms. The SMILES string of the molecule is COCc1ccc(C23Cn4cccc4C(=O)N2CCN3C=O)cc1. The predicted octanol–water partition coefficient (Wildman–Crippen LogP) is 1.42. The van der Waals surface area contributed by atoms with Crippen LogP contribution in [0.15, 0.2) is 42.6 Å². The molecule has 2 aromatic rings. The molecular weight excluding hydrogens is 306 g/mol. The fraction of sp³-hybridized carbons (Fsp3) is 0.333. The Labute approximate surface area is 140 Å². The maximum atomic E-state index is 12.9. The molecule has 2 amide bonds. The van der Waals surface area contributed by atoms with Gasteiger partial charge in [-0.25, -0.2) is 0 Å². The van der Waals surface area contributed by atoms with Crippen LogP contribution in [-0.2, 0) is 28.3 Å². The van der Waals surface area contributed by atoms with E-state index in [1.165, 1.54) is 0 Å². The van der Waals surface area contributed by atoms with Gasteiger partial charge in [-0.2, -0.15) is 0 Å². The summed E-state index contributed by atoms with van der Waals surface area (Å²) in [5, 5.41) is 0. The Balaban J connectivity index is 1.84. The highest BCUT2D eigenvalue weighted by atomic mass is 16.5. The van der Waals surface area contributed by atoms with Crippen molar-refractivity contribution in [3.63, 3.8) is 0 Å². The van der Waals surface area contributed by atoms with Gasteiger partial charge >= 0.3 is 0 Å². The van der Waals surface area contributed by atoms with Crippen molar-refractivity contribution in [2.75, 3.05) is 20.2 Å². The predicted molar refractivity (Wildman–Crippen MR) is 87.1 cm³/mol. The number of carbonyl (C=O) groups is 2. The molecule has 6 nitrogen and oxygen atoms in total. The van der Waals surface area contributed by atoms with Crippen LogP contribution in [0.25, 0.3) is 0 Å². The van der Waals surface area contributed by atoms with Crippen molar-refractivity contribution in [1.29, 1.82) is 0 Å². The highest BCUT2D eigenvalue weighted by Gasteiger charge is 2.53. The van der Waals surface area contributed by atoms with Crippen LogP contribution in [-0.4, -0.2) is 46.9 Å². The van der Waals surface area contributed by atoms with E-state index in [2.05, 4.69) is 0 Å². The van der Waals surface area contributed by atoms with E-state index in [0.29, 0.717) is 31.9 Å². The number of nitrogens with zero attached hydrogens (tertiary/aromatic N) is 3. The van der Waals surface area contributed by atoms with Crippen molar-refractivity contribution < 1.29 is 14.3 Å². The quantitative estimate of drug-likeness (QED) is 0.799. The van der Waals surface area contributed by atoms with Gasteiger partial charge in [0, 0.05) is 26.4 Å². The molecule has 1 unspecified atom stereocenters. The number of fused-ring (bicyclic) bond motifs is 2. The largest absolute Gasteiger partial charge is 0.380 e. The van der Waals surface area contributed by atoms with Crippen LogP contribution in [0, 0.1) is 0 Å². The lowest BCUT2D eigenvalue weighted by Crippen LogP contribution is -2.58. The number of carbonyl (C=O) groups excluding carboxylic acids is 2. The molecule has 2 aliphatic heterocycles. The lowest BCUT2D eigenvalue weighted by molar-refractivity contribution is -0.126. The third kappa shape index (κ3) is 1.93. The normalized spacial score (nSPS) is 22.5. The third-order valence-electron chi connectivity index (χ3n) is 5.03. The first kappa shape index (κ1) is 15.0. The molecule has 24 heavy (non-hydrogen) atoms. The number of aromatic nitrogens is 1. The van der Waals surface area contributed by atoms with Gasteiger partial charge in [0.25, 0.3) is 5.91 Å². The van der Waals surface area contributed by atoms with Gasteiger partial charge in [-0.3, -0.25) is 9.59 Å². The number of rotatable bonds is 4.